The second-order valence-electron chi connectivity index (χ2n) is 3.53. The van der Waals surface area contributed by atoms with Gasteiger partial charge in [-0.05, 0) is 30.7 Å². The Kier molecular flexibility index (Phi) is 3.35. The van der Waals surface area contributed by atoms with Crippen molar-refractivity contribution in [1.29, 1.82) is 0 Å². The number of H-pyrrole nitrogens is 1. The highest BCUT2D eigenvalue weighted by atomic mass is 16.1. The number of anilines is 1. The van der Waals surface area contributed by atoms with Crippen LogP contribution in [0, 0.1) is 0 Å². The molecule has 2 aromatic rings. The molecule has 0 aliphatic rings. The SMILES string of the molecule is CC=CC(=O)Nc1ccc(-c2cnc[nH]2)cc1. The monoisotopic (exact) mass is 227 g/mol. The number of allylic oxidation sites excluding steroid dienone is 1. The summed E-state index contributed by atoms with van der Waals surface area (Å²) >= 11 is 0. The Balaban J connectivity index is 2.11. The number of imidazole rings is 1. The molecule has 0 saturated carbocycles. The van der Waals surface area contributed by atoms with Crippen LogP contribution in [0.15, 0.2) is 48.9 Å². The van der Waals surface area contributed by atoms with Crippen LogP contribution in [-0.2, 0) is 4.79 Å². The lowest BCUT2D eigenvalue weighted by molar-refractivity contribution is -0.111. The van der Waals surface area contributed by atoms with Crippen molar-refractivity contribution in [2.24, 2.45) is 0 Å². The largest absolute Gasteiger partial charge is 0.345 e. The van der Waals surface area contributed by atoms with Gasteiger partial charge in [-0.15, -0.1) is 0 Å². The number of nitrogens with one attached hydrogen (secondary N) is 2. The molecule has 17 heavy (non-hydrogen) atoms. The van der Waals surface area contributed by atoms with E-state index in [9.17, 15) is 4.79 Å². The van der Waals surface area contributed by atoms with E-state index in [2.05, 4.69) is 15.3 Å². The summed E-state index contributed by atoms with van der Waals surface area (Å²) in [6.07, 6.45) is 6.58. The van der Waals surface area contributed by atoms with E-state index < -0.39 is 0 Å². The number of nitrogens with zero attached hydrogens (tertiary/aromatic N) is 1. The average Bonchev–Trinajstić information content (AvgIpc) is 2.84. The first-order valence-electron chi connectivity index (χ1n) is 5.32. The zero-order chi connectivity index (χ0) is 12.1. The van der Waals surface area contributed by atoms with Crippen molar-refractivity contribution in [3.8, 4) is 11.3 Å². The molecule has 0 aliphatic heterocycles. The van der Waals surface area contributed by atoms with Gasteiger partial charge in [-0.25, -0.2) is 4.98 Å². The predicted octanol–water partition coefficient (Wildman–Crippen LogP) is 2.59. The molecular weight excluding hydrogens is 214 g/mol. The first-order valence-corrected chi connectivity index (χ1v) is 5.32. The molecule has 1 aromatic heterocycles. The number of amides is 1. The lowest BCUT2D eigenvalue weighted by atomic mass is 10.1. The van der Waals surface area contributed by atoms with Crippen molar-refractivity contribution in [1.82, 2.24) is 9.97 Å². The summed E-state index contributed by atoms with van der Waals surface area (Å²) < 4.78 is 0. The van der Waals surface area contributed by atoms with Gasteiger partial charge >= 0.3 is 0 Å². The maximum Gasteiger partial charge on any atom is 0.248 e. The first-order chi connectivity index (χ1) is 8.29. The van der Waals surface area contributed by atoms with Crippen LogP contribution in [0.2, 0.25) is 0 Å². The molecule has 0 bridgehead atoms. The Bertz CT molecular complexity index is 512. The summed E-state index contributed by atoms with van der Waals surface area (Å²) in [5, 5.41) is 2.76. The Morgan fingerprint density at radius 2 is 2.12 bits per heavy atom. The van der Waals surface area contributed by atoms with Gasteiger partial charge in [-0.1, -0.05) is 18.2 Å². The van der Waals surface area contributed by atoms with Gasteiger partial charge in [-0.3, -0.25) is 4.79 Å². The Morgan fingerprint density at radius 1 is 1.35 bits per heavy atom. The van der Waals surface area contributed by atoms with E-state index in [0.717, 1.165) is 16.9 Å². The lowest BCUT2D eigenvalue weighted by Gasteiger charge is -2.03. The topological polar surface area (TPSA) is 57.8 Å². The van der Waals surface area contributed by atoms with Crippen molar-refractivity contribution in [2.45, 2.75) is 6.92 Å². The zero-order valence-corrected chi connectivity index (χ0v) is 9.47. The average molecular weight is 227 g/mol. The highest BCUT2D eigenvalue weighted by molar-refractivity contribution is 5.99. The smallest absolute Gasteiger partial charge is 0.248 e. The van der Waals surface area contributed by atoms with Crippen LogP contribution in [0.3, 0.4) is 0 Å². The summed E-state index contributed by atoms with van der Waals surface area (Å²) in [4.78, 5) is 18.3. The molecule has 0 fully saturated rings. The van der Waals surface area contributed by atoms with E-state index in [-0.39, 0.29) is 5.91 Å². The van der Waals surface area contributed by atoms with Gasteiger partial charge in [0.1, 0.15) is 0 Å². The summed E-state index contributed by atoms with van der Waals surface area (Å²) in [5.41, 5.74) is 2.76. The molecule has 1 heterocycles. The summed E-state index contributed by atoms with van der Waals surface area (Å²) in [6, 6.07) is 7.58. The Morgan fingerprint density at radius 3 is 2.71 bits per heavy atom. The van der Waals surface area contributed by atoms with Crippen LogP contribution in [0.5, 0.6) is 0 Å². The van der Waals surface area contributed by atoms with Crippen LogP contribution >= 0.6 is 0 Å². The maximum atomic E-state index is 11.3. The third-order valence-corrected chi connectivity index (χ3v) is 2.28. The molecule has 4 heteroatoms. The van der Waals surface area contributed by atoms with Gasteiger partial charge in [0.15, 0.2) is 0 Å². The van der Waals surface area contributed by atoms with Crippen LogP contribution in [0.1, 0.15) is 6.92 Å². The number of benzene rings is 1. The second-order valence-corrected chi connectivity index (χ2v) is 3.53. The molecule has 0 aliphatic carbocycles. The minimum atomic E-state index is -0.123. The molecule has 0 atom stereocenters. The quantitative estimate of drug-likeness (QED) is 0.792. The fourth-order valence-corrected chi connectivity index (χ4v) is 1.48. The van der Waals surface area contributed by atoms with E-state index in [0.29, 0.717) is 0 Å². The molecular formula is C13H13N3O. The molecule has 0 saturated heterocycles. The van der Waals surface area contributed by atoms with Gasteiger partial charge in [0, 0.05) is 5.69 Å². The van der Waals surface area contributed by atoms with Gasteiger partial charge in [0.05, 0.1) is 18.2 Å². The van der Waals surface area contributed by atoms with Gasteiger partial charge in [0.2, 0.25) is 5.91 Å². The number of aromatic nitrogens is 2. The Hall–Kier alpha value is -2.36. The van der Waals surface area contributed by atoms with Crippen LogP contribution in [0.4, 0.5) is 5.69 Å². The number of hydrogen-bond acceptors (Lipinski definition) is 2. The van der Waals surface area contributed by atoms with Crippen LogP contribution in [0.25, 0.3) is 11.3 Å². The molecule has 2 rings (SSSR count). The van der Waals surface area contributed by atoms with E-state index in [4.69, 9.17) is 0 Å². The molecule has 0 radical (unpaired) electrons. The van der Waals surface area contributed by atoms with E-state index in [1.807, 2.05) is 24.3 Å². The standard InChI is InChI=1S/C13H13N3O/c1-2-3-13(17)16-11-6-4-10(5-7-11)12-8-14-9-15-12/h2-9H,1H3,(H,14,15)(H,16,17). The number of hydrogen-bond donors (Lipinski definition) is 2. The fraction of sp³-hybridized carbons (Fsp3) is 0.0769. The van der Waals surface area contributed by atoms with Crippen molar-refractivity contribution >= 4 is 11.6 Å². The predicted molar refractivity (Wildman–Crippen MR) is 67.5 cm³/mol. The molecule has 86 valence electrons. The maximum absolute atomic E-state index is 11.3. The highest BCUT2D eigenvalue weighted by Gasteiger charge is 2.00. The second kappa shape index (κ2) is 5.12. The normalized spacial score (nSPS) is 10.6. The molecule has 1 aromatic carbocycles. The zero-order valence-electron chi connectivity index (χ0n) is 9.47. The molecule has 0 spiro atoms. The van der Waals surface area contributed by atoms with Crippen molar-refractivity contribution in [3.63, 3.8) is 0 Å². The molecule has 0 unspecified atom stereocenters. The third-order valence-electron chi connectivity index (χ3n) is 2.28. The minimum absolute atomic E-state index is 0.123. The van der Waals surface area contributed by atoms with E-state index in [1.165, 1.54) is 6.08 Å². The summed E-state index contributed by atoms with van der Waals surface area (Å²) in [7, 11) is 0. The minimum Gasteiger partial charge on any atom is -0.345 e. The van der Waals surface area contributed by atoms with E-state index in [1.54, 1.807) is 25.5 Å². The van der Waals surface area contributed by atoms with E-state index >= 15 is 0 Å². The number of carbonyl (C=O) groups is 1. The third kappa shape index (κ3) is 2.81. The highest BCUT2D eigenvalue weighted by Crippen LogP contribution is 2.18. The number of carbonyl (C=O) groups excluding carboxylic acids is 1. The lowest BCUT2D eigenvalue weighted by Crippen LogP contribution is -2.07. The van der Waals surface area contributed by atoms with Crippen LogP contribution < -0.4 is 5.32 Å². The van der Waals surface area contributed by atoms with Crippen molar-refractivity contribution in [2.75, 3.05) is 5.32 Å². The van der Waals surface area contributed by atoms with Gasteiger partial charge in [-0.2, -0.15) is 0 Å². The summed E-state index contributed by atoms with van der Waals surface area (Å²) in [6.45, 7) is 1.81. The fourth-order valence-electron chi connectivity index (χ4n) is 1.48. The first kappa shape index (κ1) is 11.1. The van der Waals surface area contributed by atoms with Gasteiger partial charge in [0.25, 0.3) is 0 Å². The number of aromatic amines is 1. The van der Waals surface area contributed by atoms with Crippen molar-refractivity contribution in [3.05, 3.63) is 48.9 Å². The van der Waals surface area contributed by atoms with Crippen LogP contribution in [-0.4, -0.2) is 15.9 Å². The summed E-state index contributed by atoms with van der Waals surface area (Å²) in [5.74, 6) is -0.123. The number of rotatable bonds is 3. The van der Waals surface area contributed by atoms with Gasteiger partial charge < -0.3 is 10.3 Å². The molecule has 1 amide bonds. The molecule has 2 N–H and O–H groups in total. The molecule has 4 nitrogen and oxygen atoms in total. The van der Waals surface area contributed by atoms with Crippen molar-refractivity contribution < 1.29 is 4.79 Å². The Labute approximate surface area is 99.4 Å².